The number of para-hydroxylation sites is 1. The quantitative estimate of drug-likeness (QED) is 0.0818. The molecule has 0 bridgehead atoms. The number of ether oxygens (including phenoxy) is 4. The van der Waals surface area contributed by atoms with Gasteiger partial charge >= 0.3 is 11.9 Å². The van der Waals surface area contributed by atoms with Crippen LogP contribution in [-0.4, -0.2) is 140 Å². The SMILES string of the molecule is O=C(O)C1O[C@@H](Oc2cccc(-c3ccc([C@@H]4[C@@H](S(=O)C[C@H](O[C@@H]5OC(C(=O)O)[C@@H](O)[C@H](O)C5O)c5ccc(F)cc5)C(=O)N4c4ccccc4)c(O)c3)c2)C(O)[C@@H](O)C1O. The Bertz CT molecular complexity index is 2270. The van der Waals surface area contributed by atoms with Crippen LogP contribution in [0.5, 0.6) is 11.5 Å². The zero-order chi connectivity index (χ0) is 43.9. The maximum atomic E-state index is 14.4. The number of benzene rings is 4. The van der Waals surface area contributed by atoms with Gasteiger partial charge in [-0.1, -0.05) is 54.6 Å². The van der Waals surface area contributed by atoms with E-state index in [0.29, 0.717) is 16.8 Å². The molecule has 7 rings (SSSR count). The number of carboxylic acid groups (broad SMARTS) is 2. The minimum absolute atomic E-state index is 0.0568. The van der Waals surface area contributed by atoms with Crippen LogP contribution in [0.2, 0.25) is 0 Å². The van der Waals surface area contributed by atoms with Crippen LogP contribution >= 0.6 is 0 Å². The monoisotopic (exact) mass is 869 g/mol. The van der Waals surface area contributed by atoms with Gasteiger partial charge in [-0.15, -0.1) is 0 Å². The highest BCUT2D eigenvalue weighted by molar-refractivity contribution is 7.86. The Kier molecular flexibility index (Phi) is 12.8. The summed E-state index contributed by atoms with van der Waals surface area (Å²) in [6.07, 6.45) is -20.5. The molecular formula is C41H40FNO17S. The van der Waals surface area contributed by atoms with Crippen LogP contribution in [0, 0.1) is 5.82 Å². The molecule has 3 heterocycles. The van der Waals surface area contributed by atoms with Gasteiger partial charge in [0, 0.05) is 22.1 Å². The first-order chi connectivity index (χ1) is 29.0. The topological polar surface area (TPSA) is 291 Å². The van der Waals surface area contributed by atoms with Crippen molar-refractivity contribution in [2.45, 2.75) is 78.8 Å². The molecule has 0 saturated carbocycles. The molecule has 18 nitrogen and oxygen atoms in total. The number of hydrogen-bond acceptors (Lipinski definition) is 15. The van der Waals surface area contributed by atoms with Gasteiger partial charge < -0.3 is 69.8 Å². The largest absolute Gasteiger partial charge is 0.508 e. The number of carboxylic acids is 2. The molecule has 9 N–H and O–H groups in total. The Morgan fingerprint density at radius 2 is 1.31 bits per heavy atom. The molecule has 4 aromatic rings. The molecule has 14 atom stereocenters. The van der Waals surface area contributed by atoms with Crippen molar-refractivity contribution in [1.82, 2.24) is 0 Å². The summed E-state index contributed by atoms with van der Waals surface area (Å²) >= 11 is 0. The van der Waals surface area contributed by atoms with Crippen molar-refractivity contribution < 1.29 is 87.9 Å². The summed E-state index contributed by atoms with van der Waals surface area (Å²) in [5, 5.41) is 91.0. The minimum Gasteiger partial charge on any atom is -0.508 e. The number of anilines is 1. The van der Waals surface area contributed by atoms with E-state index in [-0.39, 0.29) is 22.6 Å². The first kappa shape index (κ1) is 43.7. The Labute approximate surface area is 347 Å². The molecule has 0 radical (unpaired) electrons. The molecule has 3 aliphatic heterocycles. The van der Waals surface area contributed by atoms with Crippen LogP contribution in [-0.2, 0) is 39.4 Å². The molecule has 6 unspecified atom stereocenters. The van der Waals surface area contributed by atoms with Crippen molar-refractivity contribution in [3.05, 3.63) is 114 Å². The lowest BCUT2D eigenvalue weighted by Gasteiger charge is -2.47. The number of carbonyl (C=O) groups is 3. The molecule has 0 spiro atoms. The summed E-state index contributed by atoms with van der Waals surface area (Å²) in [4.78, 5) is 38.6. The van der Waals surface area contributed by atoms with Crippen molar-refractivity contribution in [3.63, 3.8) is 0 Å². The van der Waals surface area contributed by atoms with Crippen LogP contribution in [0.15, 0.2) is 97.1 Å². The Morgan fingerprint density at radius 3 is 1.92 bits per heavy atom. The highest BCUT2D eigenvalue weighted by Crippen LogP contribution is 2.46. The van der Waals surface area contributed by atoms with Crippen molar-refractivity contribution in [1.29, 1.82) is 0 Å². The van der Waals surface area contributed by atoms with E-state index in [9.17, 15) is 68.9 Å². The highest BCUT2D eigenvalue weighted by atomic mass is 32.2. The molecule has 3 fully saturated rings. The van der Waals surface area contributed by atoms with E-state index >= 15 is 0 Å². The lowest BCUT2D eigenvalue weighted by Crippen LogP contribution is -2.62. The molecule has 20 heteroatoms. The maximum absolute atomic E-state index is 14.4. The number of hydrogen-bond donors (Lipinski definition) is 9. The third-order valence-corrected chi connectivity index (χ3v) is 12.3. The molecule has 61 heavy (non-hydrogen) atoms. The number of aliphatic hydroxyl groups excluding tert-OH is 6. The number of carbonyl (C=O) groups excluding carboxylic acids is 1. The number of rotatable bonds is 13. The van der Waals surface area contributed by atoms with Gasteiger partial charge in [0.05, 0.1) is 17.9 Å². The molecule has 4 aromatic carbocycles. The van der Waals surface area contributed by atoms with Crippen LogP contribution in [0.4, 0.5) is 10.1 Å². The van der Waals surface area contributed by atoms with Gasteiger partial charge in [-0.3, -0.25) is 9.00 Å². The van der Waals surface area contributed by atoms with E-state index in [4.69, 9.17) is 18.9 Å². The van der Waals surface area contributed by atoms with E-state index in [1.807, 2.05) is 0 Å². The lowest BCUT2D eigenvalue weighted by molar-refractivity contribution is -0.303. The van der Waals surface area contributed by atoms with E-state index in [1.54, 1.807) is 48.5 Å². The molecule has 0 aliphatic carbocycles. The number of aromatic hydroxyl groups is 1. The van der Waals surface area contributed by atoms with E-state index in [2.05, 4.69) is 0 Å². The fraction of sp³-hybridized carbons (Fsp3) is 0.341. The maximum Gasteiger partial charge on any atom is 0.335 e. The second-order valence-electron chi connectivity index (χ2n) is 14.5. The second-order valence-corrected chi connectivity index (χ2v) is 16.1. The number of aliphatic carboxylic acids is 2. The van der Waals surface area contributed by atoms with E-state index in [1.165, 1.54) is 41.3 Å². The van der Waals surface area contributed by atoms with Crippen LogP contribution < -0.4 is 9.64 Å². The molecule has 0 aromatic heterocycles. The Hall–Kier alpha value is -5.39. The zero-order valence-electron chi connectivity index (χ0n) is 31.5. The van der Waals surface area contributed by atoms with Crippen molar-refractivity contribution in [3.8, 4) is 22.6 Å². The van der Waals surface area contributed by atoms with E-state index < -0.39 is 119 Å². The Balaban J connectivity index is 1.16. The van der Waals surface area contributed by atoms with Crippen LogP contribution in [0.1, 0.15) is 23.3 Å². The first-order valence-corrected chi connectivity index (χ1v) is 20.0. The first-order valence-electron chi connectivity index (χ1n) is 18.7. The fourth-order valence-corrected chi connectivity index (χ4v) is 9.04. The van der Waals surface area contributed by atoms with Gasteiger partial charge in [-0.2, -0.15) is 0 Å². The van der Waals surface area contributed by atoms with Gasteiger partial charge in [0.1, 0.15) is 59.2 Å². The summed E-state index contributed by atoms with van der Waals surface area (Å²) in [6, 6.07) is 22.6. The molecular weight excluding hydrogens is 830 g/mol. The summed E-state index contributed by atoms with van der Waals surface area (Å²) in [7, 11) is -2.19. The standard InChI is InChI=1S/C41H40FNO17S/c42-21-12-9-18(10-13-21)26(58-41-33(50)29(46)31(48)35(60-41)39(54)55)17-61(56)36-27(43(37(36)51)22-6-2-1-3-7-22)24-14-11-20(16-25(24)44)19-5-4-8-23(15-19)57-40-32(49)28(45)30(47)34(59-40)38(52)53/h1-16,26-36,40-41,44-50H,17H2,(H,52,53)(H,54,55)/t26-,27+,28-,29-,30?,31-,32?,33?,34?,35?,36+,40+,41+,61?/m0/s1. The number of nitrogens with zero attached hydrogens (tertiary/aromatic N) is 1. The summed E-state index contributed by atoms with van der Waals surface area (Å²) < 4.78 is 50.5. The second kappa shape index (κ2) is 17.9. The number of β-lactam (4-membered cyclic amide) rings is 1. The van der Waals surface area contributed by atoms with Gasteiger partial charge in [-0.05, 0) is 59.2 Å². The van der Waals surface area contributed by atoms with Gasteiger partial charge in [0.15, 0.2) is 18.5 Å². The number of aliphatic hydroxyl groups is 6. The van der Waals surface area contributed by atoms with Crippen LogP contribution in [0.25, 0.3) is 11.1 Å². The van der Waals surface area contributed by atoms with E-state index in [0.717, 1.165) is 12.1 Å². The van der Waals surface area contributed by atoms with Crippen LogP contribution in [0.3, 0.4) is 0 Å². The summed E-state index contributed by atoms with van der Waals surface area (Å²) in [6.45, 7) is 0. The predicted octanol–water partition coefficient (Wildman–Crippen LogP) is 0.325. The molecule has 3 aliphatic rings. The smallest absolute Gasteiger partial charge is 0.335 e. The lowest BCUT2D eigenvalue weighted by atomic mass is 9.90. The molecule has 1 amide bonds. The zero-order valence-corrected chi connectivity index (χ0v) is 32.3. The Morgan fingerprint density at radius 1 is 0.721 bits per heavy atom. The van der Waals surface area contributed by atoms with Crippen molar-refractivity contribution in [2.24, 2.45) is 0 Å². The molecule has 3 saturated heterocycles. The van der Waals surface area contributed by atoms with Crippen molar-refractivity contribution >= 4 is 34.3 Å². The number of phenolic OH excluding ortho intramolecular Hbond substituents is 1. The predicted molar refractivity (Wildman–Crippen MR) is 206 cm³/mol. The van der Waals surface area contributed by atoms with Gasteiger partial charge in [-0.25, -0.2) is 14.0 Å². The number of phenols is 1. The third kappa shape index (κ3) is 8.73. The highest BCUT2D eigenvalue weighted by Gasteiger charge is 2.54. The minimum atomic E-state index is -2.19. The third-order valence-electron chi connectivity index (χ3n) is 10.6. The van der Waals surface area contributed by atoms with Gasteiger partial charge in [0.25, 0.3) is 0 Å². The average molecular weight is 870 g/mol. The average Bonchev–Trinajstić information content (AvgIpc) is 3.23. The van der Waals surface area contributed by atoms with Crippen molar-refractivity contribution in [2.75, 3.05) is 10.7 Å². The summed E-state index contributed by atoms with van der Waals surface area (Å²) in [5.41, 5.74) is 1.62. The summed E-state index contributed by atoms with van der Waals surface area (Å²) in [5.74, 6) is -5.28. The molecule has 324 valence electrons. The number of amides is 1. The number of halogens is 1. The fourth-order valence-electron chi connectivity index (χ4n) is 7.37. The van der Waals surface area contributed by atoms with Gasteiger partial charge in [0.2, 0.25) is 12.2 Å². The normalized spacial score (nSPS) is 31.1.